The monoisotopic (exact) mass is 1660 g/mol. The van der Waals surface area contributed by atoms with Gasteiger partial charge < -0.3 is 9.80 Å². The maximum Gasteiger partial charge on any atom is 0.0540 e. The molecule has 0 radical (unpaired) electrons. The van der Waals surface area contributed by atoms with Crippen LogP contribution < -0.4 is 9.80 Å². The van der Waals surface area contributed by atoms with Crippen molar-refractivity contribution >= 4 is 131 Å². The van der Waals surface area contributed by atoms with Gasteiger partial charge in [0.2, 0.25) is 0 Å². The Balaban J connectivity index is 0.000000145. The average Bonchev–Trinajstić information content (AvgIpc) is 1.47. The Morgan fingerprint density at radius 2 is 0.458 bits per heavy atom. The van der Waals surface area contributed by atoms with E-state index in [4.69, 9.17) is 0 Å². The van der Waals surface area contributed by atoms with Crippen LogP contribution in [0.15, 0.2) is 497 Å². The van der Waals surface area contributed by atoms with Gasteiger partial charge in [-0.3, -0.25) is 0 Å². The first kappa shape index (κ1) is 77.8. The largest absolute Gasteiger partial charge is 0.310 e. The summed E-state index contributed by atoms with van der Waals surface area (Å²) < 4.78 is 0. The number of fused-ring (bicyclic) bond motifs is 18. The molecule has 1 aliphatic rings. The molecule has 2 heteroatoms. The lowest BCUT2D eigenvalue weighted by atomic mass is 9.81. The van der Waals surface area contributed by atoms with Crippen molar-refractivity contribution in [3.63, 3.8) is 0 Å². The fraction of sp³-hybridized carbons (Fsp3) is 0.0233. The van der Waals surface area contributed by atoms with Crippen molar-refractivity contribution in [2.45, 2.75) is 19.3 Å². The molecule has 0 saturated heterocycles. The molecule has 0 amide bonds. The van der Waals surface area contributed by atoms with Gasteiger partial charge in [-0.05, 0) is 276 Å². The zero-order valence-corrected chi connectivity index (χ0v) is 72.7. The summed E-state index contributed by atoms with van der Waals surface area (Å²) in [5.74, 6) is 0. The van der Waals surface area contributed by atoms with Crippen molar-refractivity contribution in [3.8, 4) is 100 Å². The first-order valence-corrected chi connectivity index (χ1v) is 45.5. The molecular weight excluding hydrogens is 1580 g/mol. The molecule has 2 nitrogen and oxygen atoms in total. The second kappa shape index (κ2) is 32.6. The zero-order valence-electron chi connectivity index (χ0n) is 72.7. The second-order valence-corrected chi connectivity index (χ2v) is 35.2. The van der Waals surface area contributed by atoms with Gasteiger partial charge in [-0.15, -0.1) is 0 Å². The van der Waals surface area contributed by atoms with E-state index in [0.29, 0.717) is 0 Å². The minimum Gasteiger partial charge on any atom is -0.310 e. The summed E-state index contributed by atoms with van der Waals surface area (Å²) in [5, 5.41) is 22.2. The minimum atomic E-state index is -0.0628. The molecule has 0 atom stereocenters. The van der Waals surface area contributed by atoms with E-state index in [1.54, 1.807) is 0 Å². The van der Waals surface area contributed by atoms with Crippen LogP contribution in [0.5, 0.6) is 0 Å². The fourth-order valence-corrected chi connectivity index (χ4v) is 21.4. The van der Waals surface area contributed by atoms with Gasteiger partial charge >= 0.3 is 0 Å². The van der Waals surface area contributed by atoms with Gasteiger partial charge in [-0.1, -0.05) is 432 Å². The predicted octanol–water partition coefficient (Wildman–Crippen LogP) is 36.3. The number of rotatable bonds is 14. The van der Waals surface area contributed by atoms with Crippen molar-refractivity contribution in [1.29, 1.82) is 0 Å². The lowest BCUT2D eigenvalue weighted by molar-refractivity contribution is 0.660. The predicted molar refractivity (Wildman–Crippen MR) is 561 cm³/mol. The highest BCUT2D eigenvalue weighted by molar-refractivity contribution is 6.35. The van der Waals surface area contributed by atoms with Crippen LogP contribution in [0, 0.1) is 0 Å². The lowest BCUT2D eigenvalue weighted by Gasteiger charge is -2.28. The maximum absolute atomic E-state index is 2.46. The molecule has 0 N–H and O–H groups in total. The topological polar surface area (TPSA) is 6.48 Å². The van der Waals surface area contributed by atoms with Crippen molar-refractivity contribution in [1.82, 2.24) is 0 Å². The Kier molecular flexibility index (Phi) is 19.3. The SMILES string of the molecule is CC1(C)c2ccccc2-c2ccc(-c3ccc(N(c4ccc5c(c4)c4ccccc4c4c(-c6ccccc6)cc(-c6ccccc6)c(-c6ccccc6)c54)c4cccc5ccccc45)cc3)cc21.c1ccc(-c2cc(-c3ccccc3)c3c4ccccc4c4cc(N(c5ccc(-c6cccc7ccccc67)cc5)c5cccc6ccccc56)ccc4c3c2-c2ccccc2)cc1. The van der Waals surface area contributed by atoms with Gasteiger partial charge in [0.25, 0.3) is 0 Å². The van der Waals surface area contributed by atoms with Crippen LogP contribution in [0.3, 0.4) is 0 Å². The minimum absolute atomic E-state index is 0.0628. The zero-order chi connectivity index (χ0) is 87.0. The molecule has 24 aromatic rings. The molecule has 614 valence electrons. The molecule has 24 aromatic carbocycles. The van der Waals surface area contributed by atoms with Crippen molar-refractivity contribution < 1.29 is 0 Å². The summed E-state index contributed by atoms with van der Waals surface area (Å²) in [6, 6.07) is 183. The van der Waals surface area contributed by atoms with Gasteiger partial charge in [0.15, 0.2) is 0 Å². The third kappa shape index (κ3) is 13.5. The van der Waals surface area contributed by atoms with Crippen LogP contribution in [-0.4, -0.2) is 0 Å². The standard InChI is InChI=1S/C67H47N.C62H41N/c1-67(2)61-31-17-16-29-54(61)55-39-35-49(41-62(55)67)44-33-36-50(37-34-44)68(63-32-18-26-45-23-12-13-27-52(45)63)51-38-40-57-60(42-51)53-28-14-15-30-56(53)65-59(47-21-8-4-9-22-47)43-58(46-19-6-3-7-20-46)64(66(57)65)48-24-10-5-11-25-48;1-4-18-44(19-5-1)56-41-57(45-20-6-2-7-21-45)61-54-31-15-14-30-53(54)58-40-49(38-39-55(58)62(61)60(56)47-24-8-3-9-25-47)63(59-33-17-27-43-23-11-13-29-52(43)59)48-36-34-46(35-37-48)51-32-16-26-42-22-10-12-28-50(42)51/h3-43H,1-2H3;1-41H. The van der Waals surface area contributed by atoms with Crippen molar-refractivity contribution in [2.75, 3.05) is 9.80 Å². The van der Waals surface area contributed by atoms with E-state index in [0.717, 1.165) is 34.1 Å². The van der Waals surface area contributed by atoms with Gasteiger partial charge in [-0.25, -0.2) is 0 Å². The average molecular weight is 1670 g/mol. The molecule has 131 heavy (non-hydrogen) atoms. The number of hydrogen-bond donors (Lipinski definition) is 0. The number of nitrogens with zero attached hydrogens (tertiary/aromatic N) is 2. The van der Waals surface area contributed by atoms with E-state index in [-0.39, 0.29) is 5.41 Å². The molecule has 0 fully saturated rings. The van der Waals surface area contributed by atoms with E-state index >= 15 is 0 Å². The molecule has 0 unspecified atom stereocenters. The summed E-state index contributed by atoms with van der Waals surface area (Å²) in [6.07, 6.45) is 0. The van der Waals surface area contributed by atoms with Gasteiger partial charge in [0.05, 0.1) is 11.4 Å². The highest BCUT2D eigenvalue weighted by Crippen LogP contribution is 2.56. The highest BCUT2D eigenvalue weighted by atomic mass is 15.1. The third-order valence-electron chi connectivity index (χ3n) is 27.4. The third-order valence-corrected chi connectivity index (χ3v) is 27.4. The van der Waals surface area contributed by atoms with Crippen LogP contribution in [0.25, 0.3) is 197 Å². The first-order chi connectivity index (χ1) is 64.8. The van der Waals surface area contributed by atoms with Crippen LogP contribution in [0.2, 0.25) is 0 Å². The van der Waals surface area contributed by atoms with E-state index in [1.165, 1.54) is 208 Å². The van der Waals surface area contributed by atoms with Crippen LogP contribution >= 0.6 is 0 Å². The van der Waals surface area contributed by atoms with Crippen LogP contribution in [0.1, 0.15) is 25.0 Å². The van der Waals surface area contributed by atoms with Gasteiger partial charge in [-0.2, -0.15) is 0 Å². The lowest BCUT2D eigenvalue weighted by Crippen LogP contribution is -2.14. The number of hydrogen-bond acceptors (Lipinski definition) is 2. The Hall–Kier alpha value is -16.8. The van der Waals surface area contributed by atoms with Crippen LogP contribution in [-0.2, 0) is 5.41 Å². The normalized spacial score (nSPS) is 12.1. The van der Waals surface area contributed by atoms with Gasteiger partial charge in [0, 0.05) is 38.9 Å². The Morgan fingerprint density at radius 1 is 0.153 bits per heavy atom. The summed E-state index contributed by atoms with van der Waals surface area (Å²) in [5.41, 5.74) is 31.6. The number of benzene rings is 24. The van der Waals surface area contributed by atoms with E-state index < -0.39 is 0 Å². The molecule has 1 aliphatic carbocycles. The Labute approximate surface area is 763 Å². The molecule has 0 aliphatic heterocycles. The summed E-state index contributed by atoms with van der Waals surface area (Å²) in [7, 11) is 0. The summed E-state index contributed by atoms with van der Waals surface area (Å²) in [4.78, 5) is 4.91. The summed E-state index contributed by atoms with van der Waals surface area (Å²) in [6.45, 7) is 4.71. The highest BCUT2D eigenvalue weighted by Gasteiger charge is 2.36. The second-order valence-electron chi connectivity index (χ2n) is 35.2. The molecule has 0 saturated carbocycles. The first-order valence-electron chi connectivity index (χ1n) is 45.5. The van der Waals surface area contributed by atoms with Crippen molar-refractivity contribution in [3.05, 3.63) is 509 Å². The van der Waals surface area contributed by atoms with E-state index in [2.05, 4.69) is 521 Å². The summed E-state index contributed by atoms with van der Waals surface area (Å²) >= 11 is 0. The van der Waals surface area contributed by atoms with E-state index in [1.807, 2.05) is 0 Å². The van der Waals surface area contributed by atoms with Gasteiger partial charge in [0.1, 0.15) is 0 Å². The van der Waals surface area contributed by atoms with Crippen molar-refractivity contribution in [2.24, 2.45) is 0 Å². The van der Waals surface area contributed by atoms with E-state index in [9.17, 15) is 0 Å². The van der Waals surface area contributed by atoms with Crippen LogP contribution in [0.4, 0.5) is 34.1 Å². The maximum atomic E-state index is 2.46. The number of anilines is 6. The molecule has 25 rings (SSSR count). The molecular formula is C129H88N2. The quantitative estimate of drug-likeness (QED) is 0.100. The molecule has 0 spiro atoms. The smallest absolute Gasteiger partial charge is 0.0540 e. The fourth-order valence-electron chi connectivity index (χ4n) is 21.4. The molecule has 0 heterocycles. The molecule has 0 aromatic heterocycles. The Bertz CT molecular complexity index is 8550. The Morgan fingerprint density at radius 3 is 0.908 bits per heavy atom. The molecule has 0 bridgehead atoms.